The van der Waals surface area contributed by atoms with Gasteiger partial charge in [0.15, 0.2) is 0 Å². The highest BCUT2D eigenvalue weighted by molar-refractivity contribution is 5.83. The standard InChI is InChI=1S/C12H22N2O3/c1-10(16)13(2)9-12(17)14(7-8-15)11-5-3-4-6-11/h11,15H,3-9H2,1-2H3. The number of rotatable bonds is 5. The maximum Gasteiger partial charge on any atom is 0.242 e. The van der Waals surface area contributed by atoms with Crippen LogP contribution in [0.25, 0.3) is 0 Å². The van der Waals surface area contributed by atoms with Crippen molar-refractivity contribution in [3.8, 4) is 0 Å². The molecule has 0 bridgehead atoms. The van der Waals surface area contributed by atoms with Gasteiger partial charge >= 0.3 is 0 Å². The molecule has 1 fully saturated rings. The molecule has 0 aromatic rings. The first-order valence-corrected chi connectivity index (χ1v) is 6.18. The molecule has 0 aromatic carbocycles. The Hall–Kier alpha value is -1.10. The van der Waals surface area contributed by atoms with Crippen molar-refractivity contribution in [2.45, 2.75) is 38.6 Å². The first kappa shape index (κ1) is 14.0. The third kappa shape index (κ3) is 4.00. The van der Waals surface area contributed by atoms with Gasteiger partial charge in [-0.25, -0.2) is 0 Å². The summed E-state index contributed by atoms with van der Waals surface area (Å²) in [7, 11) is 1.62. The lowest BCUT2D eigenvalue weighted by molar-refractivity contribution is -0.140. The second-order valence-electron chi connectivity index (χ2n) is 4.62. The van der Waals surface area contributed by atoms with Crippen LogP contribution < -0.4 is 0 Å². The van der Waals surface area contributed by atoms with Crippen molar-refractivity contribution in [1.82, 2.24) is 9.80 Å². The molecule has 0 spiro atoms. The molecule has 1 aliphatic rings. The van der Waals surface area contributed by atoms with Gasteiger partial charge in [0.1, 0.15) is 0 Å². The minimum Gasteiger partial charge on any atom is -0.395 e. The molecule has 5 heteroatoms. The van der Waals surface area contributed by atoms with Gasteiger partial charge in [0.25, 0.3) is 0 Å². The van der Waals surface area contributed by atoms with Crippen molar-refractivity contribution in [1.29, 1.82) is 0 Å². The van der Waals surface area contributed by atoms with E-state index in [1.807, 2.05) is 0 Å². The Labute approximate surface area is 102 Å². The fourth-order valence-electron chi connectivity index (χ4n) is 2.24. The second-order valence-corrected chi connectivity index (χ2v) is 4.62. The molecule has 17 heavy (non-hydrogen) atoms. The van der Waals surface area contributed by atoms with Gasteiger partial charge in [-0.15, -0.1) is 0 Å². The van der Waals surface area contributed by atoms with Gasteiger partial charge < -0.3 is 14.9 Å². The quantitative estimate of drug-likeness (QED) is 0.750. The lowest BCUT2D eigenvalue weighted by atomic mass is 10.2. The second kappa shape index (κ2) is 6.59. The summed E-state index contributed by atoms with van der Waals surface area (Å²) in [6.45, 7) is 1.90. The molecule has 1 saturated carbocycles. The number of likely N-dealkylation sites (N-methyl/N-ethyl adjacent to an activating group) is 1. The molecule has 0 unspecified atom stereocenters. The summed E-state index contributed by atoms with van der Waals surface area (Å²) >= 11 is 0. The fraction of sp³-hybridized carbons (Fsp3) is 0.833. The summed E-state index contributed by atoms with van der Waals surface area (Å²) in [5.74, 6) is -0.183. The molecule has 0 radical (unpaired) electrons. The van der Waals surface area contributed by atoms with E-state index >= 15 is 0 Å². The van der Waals surface area contributed by atoms with Crippen LogP contribution in [0.1, 0.15) is 32.6 Å². The number of aliphatic hydroxyl groups excluding tert-OH is 1. The van der Waals surface area contributed by atoms with Crippen LogP contribution in [0, 0.1) is 0 Å². The van der Waals surface area contributed by atoms with Crippen LogP contribution in [0.5, 0.6) is 0 Å². The van der Waals surface area contributed by atoms with Gasteiger partial charge in [-0.2, -0.15) is 0 Å². The molecule has 0 heterocycles. The molecule has 1 N–H and O–H groups in total. The molecule has 0 aromatic heterocycles. The minimum atomic E-state index is -0.117. The van der Waals surface area contributed by atoms with Crippen LogP contribution in [0.2, 0.25) is 0 Å². The Morgan fingerprint density at radius 3 is 2.35 bits per heavy atom. The summed E-state index contributed by atoms with van der Waals surface area (Å²) in [5, 5.41) is 9.01. The van der Waals surface area contributed by atoms with Gasteiger partial charge in [-0.1, -0.05) is 12.8 Å². The molecule has 1 rings (SSSR count). The highest BCUT2D eigenvalue weighted by Crippen LogP contribution is 2.23. The fourth-order valence-corrected chi connectivity index (χ4v) is 2.24. The number of hydrogen-bond donors (Lipinski definition) is 1. The minimum absolute atomic E-state index is 0.0218. The maximum absolute atomic E-state index is 12.1. The van der Waals surface area contributed by atoms with Crippen molar-refractivity contribution in [2.75, 3.05) is 26.7 Å². The zero-order valence-corrected chi connectivity index (χ0v) is 10.7. The van der Waals surface area contributed by atoms with E-state index in [2.05, 4.69) is 0 Å². The summed E-state index contributed by atoms with van der Waals surface area (Å²) in [4.78, 5) is 26.3. The molecule has 5 nitrogen and oxygen atoms in total. The SMILES string of the molecule is CC(=O)N(C)CC(=O)N(CCO)C1CCCC1. The number of carbonyl (C=O) groups excluding carboxylic acids is 2. The molecule has 1 aliphatic carbocycles. The highest BCUT2D eigenvalue weighted by atomic mass is 16.3. The van der Waals surface area contributed by atoms with Crippen molar-refractivity contribution in [3.05, 3.63) is 0 Å². The predicted octanol–water partition coefficient (Wildman–Crippen LogP) is 0.228. The average Bonchev–Trinajstić information content (AvgIpc) is 2.78. The summed E-state index contributed by atoms with van der Waals surface area (Å²) < 4.78 is 0. The Morgan fingerprint density at radius 1 is 1.29 bits per heavy atom. The van der Waals surface area contributed by atoms with Gasteiger partial charge in [0.05, 0.1) is 13.2 Å². The Morgan fingerprint density at radius 2 is 1.88 bits per heavy atom. The maximum atomic E-state index is 12.1. The lowest BCUT2D eigenvalue weighted by Crippen LogP contribution is -2.46. The zero-order valence-electron chi connectivity index (χ0n) is 10.7. The first-order chi connectivity index (χ1) is 8.06. The van der Waals surface area contributed by atoms with Crippen LogP contribution >= 0.6 is 0 Å². The van der Waals surface area contributed by atoms with Gasteiger partial charge in [-0.05, 0) is 12.8 Å². The van der Waals surface area contributed by atoms with E-state index in [1.54, 1.807) is 11.9 Å². The van der Waals surface area contributed by atoms with Crippen molar-refractivity contribution in [2.24, 2.45) is 0 Å². The number of aliphatic hydroxyl groups is 1. The van der Waals surface area contributed by atoms with Crippen LogP contribution in [-0.4, -0.2) is 59.5 Å². The smallest absolute Gasteiger partial charge is 0.242 e. The number of amides is 2. The van der Waals surface area contributed by atoms with Gasteiger partial charge in [-0.3, -0.25) is 9.59 Å². The first-order valence-electron chi connectivity index (χ1n) is 6.18. The van der Waals surface area contributed by atoms with Crippen LogP contribution in [0.4, 0.5) is 0 Å². The number of carbonyl (C=O) groups is 2. The molecule has 0 saturated heterocycles. The Balaban J connectivity index is 2.56. The third-order valence-corrected chi connectivity index (χ3v) is 3.34. The van der Waals surface area contributed by atoms with E-state index in [4.69, 9.17) is 5.11 Å². The van der Waals surface area contributed by atoms with Crippen LogP contribution in [0.3, 0.4) is 0 Å². The molecule has 98 valence electrons. The van der Waals surface area contributed by atoms with Crippen molar-refractivity contribution >= 4 is 11.8 Å². The van der Waals surface area contributed by atoms with Gasteiger partial charge in [0, 0.05) is 26.6 Å². The normalized spacial score (nSPS) is 15.9. The van der Waals surface area contributed by atoms with Crippen LogP contribution in [0.15, 0.2) is 0 Å². The average molecular weight is 242 g/mol. The Bertz CT molecular complexity index is 275. The molecular weight excluding hydrogens is 220 g/mol. The Kier molecular flexibility index (Phi) is 5.41. The monoisotopic (exact) mass is 242 g/mol. The number of nitrogens with zero attached hydrogens (tertiary/aromatic N) is 2. The topological polar surface area (TPSA) is 60.9 Å². The molecule has 0 aliphatic heterocycles. The van der Waals surface area contributed by atoms with Crippen LogP contribution in [-0.2, 0) is 9.59 Å². The van der Waals surface area contributed by atoms with Gasteiger partial charge in [0.2, 0.25) is 11.8 Å². The lowest BCUT2D eigenvalue weighted by Gasteiger charge is -2.30. The molecule has 0 atom stereocenters. The van der Waals surface area contributed by atoms with E-state index in [1.165, 1.54) is 11.8 Å². The predicted molar refractivity (Wildman–Crippen MR) is 64.4 cm³/mol. The van der Waals surface area contributed by atoms with E-state index < -0.39 is 0 Å². The van der Waals surface area contributed by atoms with Crippen molar-refractivity contribution in [3.63, 3.8) is 0 Å². The highest BCUT2D eigenvalue weighted by Gasteiger charge is 2.26. The number of hydrogen-bond acceptors (Lipinski definition) is 3. The molecular formula is C12H22N2O3. The third-order valence-electron chi connectivity index (χ3n) is 3.34. The molecule has 2 amide bonds. The summed E-state index contributed by atoms with van der Waals surface area (Å²) in [6.07, 6.45) is 4.30. The van der Waals surface area contributed by atoms with E-state index in [-0.39, 0.29) is 31.0 Å². The van der Waals surface area contributed by atoms with E-state index in [0.717, 1.165) is 25.7 Å². The summed E-state index contributed by atoms with van der Waals surface area (Å²) in [6, 6.07) is 0.245. The van der Waals surface area contributed by atoms with E-state index in [0.29, 0.717) is 6.54 Å². The van der Waals surface area contributed by atoms with E-state index in [9.17, 15) is 9.59 Å². The zero-order chi connectivity index (χ0) is 12.8. The van der Waals surface area contributed by atoms with Crippen molar-refractivity contribution < 1.29 is 14.7 Å². The summed E-state index contributed by atoms with van der Waals surface area (Å²) in [5.41, 5.74) is 0. The largest absolute Gasteiger partial charge is 0.395 e.